The van der Waals surface area contributed by atoms with Gasteiger partial charge in [0.25, 0.3) is 0 Å². The zero-order chi connectivity index (χ0) is 19.8. The normalized spacial score (nSPS) is 17.4. The maximum absolute atomic E-state index is 11.8. The summed E-state index contributed by atoms with van der Waals surface area (Å²) in [5, 5.41) is 9.84. The molecule has 3 rings (SSSR count). The summed E-state index contributed by atoms with van der Waals surface area (Å²) in [6, 6.07) is 9.40. The van der Waals surface area contributed by atoms with Crippen LogP contribution in [0.5, 0.6) is 0 Å². The van der Waals surface area contributed by atoms with Gasteiger partial charge in [-0.15, -0.1) is 24.0 Å². The number of rotatable bonds is 9. The molecule has 1 aliphatic carbocycles. The second-order valence-electron chi connectivity index (χ2n) is 7.86. The predicted octanol–water partition coefficient (Wildman–Crippen LogP) is 3.58. The molecule has 1 amide bonds. The van der Waals surface area contributed by atoms with E-state index in [2.05, 4.69) is 64.0 Å². The number of benzene rings is 1. The van der Waals surface area contributed by atoms with Crippen LogP contribution in [0.4, 0.5) is 5.69 Å². The van der Waals surface area contributed by atoms with Crippen LogP contribution in [0.15, 0.2) is 29.3 Å². The maximum Gasteiger partial charge on any atom is 0.220 e. The minimum Gasteiger partial charge on any atom is -0.372 e. The highest BCUT2D eigenvalue weighted by atomic mass is 127. The van der Waals surface area contributed by atoms with Crippen LogP contribution in [0.3, 0.4) is 0 Å². The van der Waals surface area contributed by atoms with E-state index in [0.717, 1.165) is 44.9 Å². The average Bonchev–Trinajstić information content (AvgIpc) is 3.33. The molecule has 1 saturated heterocycles. The largest absolute Gasteiger partial charge is 0.372 e. The Balaban J connectivity index is 0.00000300. The van der Waals surface area contributed by atoms with E-state index < -0.39 is 0 Å². The fourth-order valence-electron chi connectivity index (χ4n) is 3.53. The van der Waals surface area contributed by atoms with E-state index in [1.807, 2.05) is 0 Å². The molecule has 1 aromatic carbocycles. The summed E-state index contributed by atoms with van der Waals surface area (Å²) in [7, 11) is 0. The highest BCUT2D eigenvalue weighted by Crippen LogP contribution is 2.24. The lowest BCUT2D eigenvalue weighted by Gasteiger charge is -2.22. The molecule has 2 aliphatic rings. The Kier molecular flexibility index (Phi) is 10.0. The monoisotopic (exact) mass is 513 g/mol. The lowest BCUT2D eigenvalue weighted by atomic mass is 10.1. The van der Waals surface area contributed by atoms with Gasteiger partial charge in [-0.05, 0) is 63.6 Å². The molecule has 1 saturated carbocycles. The number of nitrogens with one attached hydrogen (secondary N) is 3. The molecule has 1 aromatic rings. The van der Waals surface area contributed by atoms with E-state index in [1.54, 1.807) is 0 Å². The number of aliphatic imine (C=N–C) groups is 1. The molecule has 0 radical (unpaired) electrons. The van der Waals surface area contributed by atoms with Crippen molar-refractivity contribution in [2.45, 2.75) is 64.5 Å². The zero-order valence-electron chi connectivity index (χ0n) is 17.7. The van der Waals surface area contributed by atoms with Gasteiger partial charge in [-0.2, -0.15) is 0 Å². The van der Waals surface area contributed by atoms with Crippen molar-refractivity contribution < 1.29 is 4.79 Å². The highest BCUT2D eigenvalue weighted by Gasteiger charge is 2.22. The summed E-state index contributed by atoms with van der Waals surface area (Å²) in [6.45, 7) is 8.01. The number of carbonyl (C=O) groups is 1. The van der Waals surface area contributed by atoms with Crippen molar-refractivity contribution in [1.82, 2.24) is 16.0 Å². The standard InChI is InChI=1S/C22H35N5O.HI/c1-3-23-22(24-13-7-10-21(28)26-19-11-12-19)25-17(2)18-8-6-9-20(16-18)27-14-4-5-15-27;/h6,8-9,16-17,19H,3-5,7,10-15H2,1-2H3,(H,26,28)(H2,23,24,25);1H. The quantitative estimate of drug-likeness (QED) is 0.205. The minimum absolute atomic E-state index is 0. The van der Waals surface area contributed by atoms with Crippen LogP contribution < -0.4 is 20.9 Å². The zero-order valence-corrected chi connectivity index (χ0v) is 20.1. The Bertz CT molecular complexity index is 671. The molecular weight excluding hydrogens is 477 g/mol. The number of carbonyl (C=O) groups excluding carboxylic acids is 1. The molecule has 0 aromatic heterocycles. The first kappa shape index (κ1) is 23.8. The topological polar surface area (TPSA) is 68.8 Å². The Morgan fingerprint density at radius 2 is 2.03 bits per heavy atom. The first-order valence-electron chi connectivity index (χ1n) is 10.8. The van der Waals surface area contributed by atoms with Crippen molar-refractivity contribution in [1.29, 1.82) is 0 Å². The Morgan fingerprint density at radius 1 is 1.28 bits per heavy atom. The molecule has 6 nitrogen and oxygen atoms in total. The van der Waals surface area contributed by atoms with Crippen LogP contribution in [0.1, 0.15) is 64.0 Å². The van der Waals surface area contributed by atoms with Crippen LogP contribution in [-0.4, -0.2) is 44.1 Å². The van der Waals surface area contributed by atoms with Gasteiger partial charge in [0.2, 0.25) is 5.91 Å². The lowest BCUT2D eigenvalue weighted by Crippen LogP contribution is -2.39. The van der Waals surface area contributed by atoms with E-state index in [-0.39, 0.29) is 35.9 Å². The van der Waals surface area contributed by atoms with Gasteiger partial charge in [-0.25, -0.2) is 0 Å². The van der Waals surface area contributed by atoms with Crippen LogP contribution in [0, 0.1) is 0 Å². The number of anilines is 1. The SMILES string of the molecule is CCNC(=NCCCC(=O)NC1CC1)NC(C)c1cccc(N2CCCC2)c1.I. The number of nitrogens with zero attached hydrogens (tertiary/aromatic N) is 2. The summed E-state index contributed by atoms with van der Waals surface area (Å²) >= 11 is 0. The van der Waals surface area contributed by atoms with Crippen molar-refractivity contribution in [2.24, 2.45) is 4.99 Å². The summed E-state index contributed by atoms with van der Waals surface area (Å²) in [4.78, 5) is 18.9. The number of hydrogen-bond acceptors (Lipinski definition) is 3. The van der Waals surface area contributed by atoms with Crippen molar-refractivity contribution in [3.8, 4) is 0 Å². The van der Waals surface area contributed by atoms with E-state index in [9.17, 15) is 4.79 Å². The van der Waals surface area contributed by atoms with Crippen molar-refractivity contribution in [3.63, 3.8) is 0 Å². The van der Waals surface area contributed by atoms with Gasteiger partial charge in [0.05, 0.1) is 6.04 Å². The third-order valence-electron chi connectivity index (χ3n) is 5.31. The second kappa shape index (κ2) is 12.2. The summed E-state index contributed by atoms with van der Waals surface area (Å²) in [5.41, 5.74) is 2.58. The van der Waals surface area contributed by atoms with Gasteiger partial charge in [-0.1, -0.05) is 12.1 Å². The average molecular weight is 513 g/mol. The Morgan fingerprint density at radius 3 is 2.72 bits per heavy atom. The van der Waals surface area contributed by atoms with Crippen LogP contribution >= 0.6 is 24.0 Å². The number of amides is 1. The summed E-state index contributed by atoms with van der Waals surface area (Å²) in [5.74, 6) is 0.965. The van der Waals surface area contributed by atoms with Gasteiger partial charge in [-0.3, -0.25) is 9.79 Å². The molecule has 2 fully saturated rings. The van der Waals surface area contributed by atoms with Gasteiger partial charge in [0.1, 0.15) is 0 Å². The van der Waals surface area contributed by atoms with Gasteiger partial charge in [0.15, 0.2) is 5.96 Å². The maximum atomic E-state index is 11.8. The van der Waals surface area contributed by atoms with Crippen LogP contribution in [0.2, 0.25) is 0 Å². The first-order valence-corrected chi connectivity index (χ1v) is 10.8. The summed E-state index contributed by atoms with van der Waals surface area (Å²) < 4.78 is 0. The third-order valence-corrected chi connectivity index (χ3v) is 5.31. The molecule has 1 heterocycles. The molecule has 29 heavy (non-hydrogen) atoms. The number of halogens is 1. The summed E-state index contributed by atoms with van der Waals surface area (Å²) in [6.07, 6.45) is 6.16. The van der Waals surface area contributed by atoms with Crippen LogP contribution in [-0.2, 0) is 4.79 Å². The predicted molar refractivity (Wildman–Crippen MR) is 131 cm³/mol. The number of hydrogen-bond donors (Lipinski definition) is 3. The smallest absolute Gasteiger partial charge is 0.220 e. The molecule has 1 unspecified atom stereocenters. The molecule has 3 N–H and O–H groups in total. The van der Waals surface area contributed by atoms with Gasteiger partial charge >= 0.3 is 0 Å². The Labute approximate surface area is 192 Å². The van der Waals surface area contributed by atoms with Gasteiger partial charge < -0.3 is 20.9 Å². The number of guanidine groups is 1. The van der Waals surface area contributed by atoms with E-state index in [4.69, 9.17) is 0 Å². The Hall–Kier alpha value is -1.51. The first-order chi connectivity index (χ1) is 13.7. The fraction of sp³-hybridized carbons (Fsp3) is 0.636. The molecule has 0 bridgehead atoms. The molecular formula is C22H36IN5O. The van der Waals surface area contributed by atoms with E-state index in [1.165, 1.54) is 24.1 Å². The van der Waals surface area contributed by atoms with E-state index in [0.29, 0.717) is 19.0 Å². The van der Waals surface area contributed by atoms with Crippen LogP contribution in [0.25, 0.3) is 0 Å². The van der Waals surface area contributed by atoms with E-state index >= 15 is 0 Å². The minimum atomic E-state index is 0. The van der Waals surface area contributed by atoms with Crippen molar-refractivity contribution >= 4 is 41.5 Å². The third kappa shape index (κ3) is 8.03. The van der Waals surface area contributed by atoms with Gasteiger partial charge in [0, 0.05) is 44.3 Å². The molecule has 7 heteroatoms. The second-order valence-corrected chi connectivity index (χ2v) is 7.86. The van der Waals surface area contributed by atoms with Crippen molar-refractivity contribution in [2.75, 3.05) is 31.1 Å². The fourth-order valence-corrected chi connectivity index (χ4v) is 3.53. The molecule has 1 aliphatic heterocycles. The molecule has 1 atom stereocenters. The highest BCUT2D eigenvalue weighted by molar-refractivity contribution is 14.0. The molecule has 162 valence electrons. The van der Waals surface area contributed by atoms with Crippen molar-refractivity contribution in [3.05, 3.63) is 29.8 Å². The lowest BCUT2D eigenvalue weighted by molar-refractivity contribution is -0.121. The molecule has 0 spiro atoms.